The summed E-state index contributed by atoms with van der Waals surface area (Å²) in [5.74, 6) is 1.32. The van der Waals surface area contributed by atoms with E-state index < -0.39 is 0 Å². The first-order valence-electron chi connectivity index (χ1n) is 9.80. The topological polar surface area (TPSA) is 71.3 Å². The van der Waals surface area contributed by atoms with Gasteiger partial charge in [0, 0.05) is 23.0 Å². The lowest BCUT2D eigenvalue weighted by molar-refractivity contribution is -0.126. The van der Waals surface area contributed by atoms with Crippen LogP contribution in [0.15, 0.2) is 59.1 Å². The molecule has 0 spiro atoms. The SMILES string of the molecule is O=C(NCc1ccccc1Cl)C1CCN(Cc2nc(-c3ccccc3)no2)CC1. The van der Waals surface area contributed by atoms with Gasteiger partial charge < -0.3 is 9.84 Å². The minimum Gasteiger partial charge on any atom is -0.352 e. The van der Waals surface area contributed by atoms with Crippen molar-refractivity contribution in [1.82, 2.24) is 20.4 Å². The summed E-state index contributed by atoms with van der Waals surface area (Å²) in [7, 11) is 0. The Morgan fingerprint density at radius 3 is 2.59 bits per heavy atom. The number of carbonyl (C=O) groups excluding carboxylic acids is 1. The average molecular weight is 411 g/mol. The minimum absolute atomic E-state index is 0.0244. The number of piperidine rings is 1. The van der Waals surface area contributed by atoms with Crippen molar-refractivity contribution in [3.05, 3.63) is 71.1 Å². The summed E-state index contributed by atoms with van der Waals surface area (Å²) in [6.07, 6.45) is 1.63. The van der Waals surface area contributed by atoms with Crippen molar-refractivity contribution in [2.24, 2.45) is 5.92 Å². The van der Waals surface area contributed by atoms with E-state index in [1.54, 1.807) is 0 Å². The van der Waals surface area contributed by atoms with Crippen LogP contribution < -0.4 is 5.32 Å². The van der Waals surface area contributed by atoms with Gasteiger partial charge >= 0.3 is 0 Å². The molecule has 1 N–H and O–H groups in total. The zero-order valence-corrected chi connectivity index (χ0v) is 16.8. The molecule has 1 aliphatic heterocycles. The van der Waals surface area contributed by atoms with Gasteiger partial charge in [-0.2, -0.15) is 4.98 Å². The molecule has 0 saturated carbocycles. The monoisotopic (exact) mass is 410 g/mol. The zero-order chi connectivity index (χ0) is 20.1. The van der Waals surface area contributed by atoms with Crippen LogP contribution in [0.1, 0.15) is 24.3 Å². The molecule has 1 fully saturated rings. The number of likely N-dealkylation sites (tertiary alicyclic amines) is 1. The second-order valence-electron chi connectivity index (χ2n) is 7.24. The number of rotatable bonds is 6. The molecule has 1 amide bonds. The smallest absolute Gasteiger partial charge is 0.241 e. The Bertz CT molecular complexity index is 952. The molecule has 7 heteroatoms. The van der Waals surface area contributed by atoms with E-state index in [2.05, 4.69) is 20.4 Å². The van der Waals surface area contributed by atoms with Crippen LogP contribution in [0.5, 0.6) is 0 Å². The van der Waals surface area contributed by atoms with E-state index in [0.717, 1.165) is 37.1 Å². The maximum atomic E-state index is 12.5. The lowest BCUT2D eigenvalue weighted by atomic mass is 9.96. The maximum Gasteiger partial charge on any atom is 0.241 e. The Kier molecular flexibility index (Phi) is 6.22. The van der Waals surface area contributed by atoms with E-state index in [-0.39, 0.29) is 11.8 Å². The third-order valence-electron chi connectivity index (χ3n) is 5.23. The van der Waals surface area contributed by atoms with Gasteiger partial charge in [0.25, 0.3) is 0 Å². The molecule has 29 heavy (non-hydrogen) atoms. The fourth-order valence-electron chi connectivity index (χ4n) is 3.54. The first-order valence-corrected chi connectivity index (χ1v) is 10.2. The third kappa shape index (κ3) is 5.02. The predicted molar refractivity (Wildman–Crippen MR) is 111 cm³/mol. The highest BCUT2D eigenvalue weighted by Gasteiger charge is 2.26. The highest BCUT2D eigenvalue weighted by atomic mass is 35.5. The van der Waals surface area contributed by atoms with E-state index >= 15 is 0 Å². The number of hydrogen-bond donors (Lipinski definition) is 1. The Morgan fingerprint density at radius 1 is 1.10 bits per heavy atom. The van der Waals surface area contributed by atoms with Crippen LogP contribution in [0.25, 0.3) is 11.4 Å². The second-order valence-corrected chi connectivity index (χ2v) is 7.64. The molecule has 2 aromatic carbocycles. The van der Waals surface area contributed by atoms with E-state index in [0.29, 0.717) is 29.8 Å². The van der Waals surface area contributed by atoms with Gasteiger partial charge in [-0.1, -0.05) is 65.3 Å². The molecule has 2 heterocycles. The summed E-state index contributed by atoms with van der Waals surface area (Å²) >= 11 is 6.15. The van der Waals surface area contributed by atoms with Gasteiger partial charge in [-0.15, -0.1) is 0 Å². The van der Waals surface area contributed by atoms with Gasteiger partial charge in [0.15, 0.2) is 0 Å². The second kappa shape index (κ2) is 9.20. The van der Waals surface area contributed by atoms with Crippen molar-refractivity contribution in [2.75, 3.05) is 13.1 Å². The molecule has 0 aliphatic carbocycles. The summed E-state index contributed by atoms with van der Waals surface area (Å²) in [5, 5.41) is 7.76. The van der Waals surface area contributed by atoms with Gasteiger partial charge in [-0.25, -0.2) is 0 Å². The van der Waals surface area contributed by atoms with Gasteiger partial charge in [0.1, 0.15) is 0 Å². The third-order valence-corrected chi connectivity index (χ3v) is 5.60. The van der Waals surface area contributed by atoms with Crippen LogP contribution in [-0.2, 0) is 17.9 Å². The molecule has 3 aromatic rings. The van der Waals surface area contributed by atoms with Crippen molar-refractivity contribution in [2.45, 2.75) is 25.9 Å². The van der Waals surface area contributed by atoms with E-state index in [1.807, 2.05) is 54.6 Å². The van der Waals surface area contributed by atoms with Gasteiger partial charge in [0.05, 0.1) is 6.54 Å². The molecular formula is C22H23ClN4O2. The first kappa shape index (κ1) is 19.6. The highest BCUT2D eigenvalue weighted by molar-refractivity contribution is 6.31. The quantitative estimate of drug-likeness (QED) is 0.666. The van der Waals surface area contributed by atoms with Crippen molar-refractivity contribution in [3.8, 4) is 11.4 Å². The normalized spacial score (nSPS) is 15.3. The molecule has 1 aliphatic rings. The van der Waals surface area contributed by atoms with Crippen LogP contribution >= 0.6 is 11.6 Å². The molecule has 0 bridgehead atoms. The Hall–Kier alpha value is -2.70. The standard InChI is InChI=1S/C22H23ClN4O2/c23-19-9-5-4-8-18(19)14-24-22(28)17-10-12-27(13-11-17)15-20-25-21(26-29-20)16-6-2-1-3-7-16/h1-9,17H,10-15H2,(H,24,28). The van der Waals surface area contributed by atoms with Crippen LogP contribution in [0.4, 0.5) is 0 Å². The lowest BCUT2D eigenvalue weighted by Crippen LogP contribution is -2.40. The Morgan fingerprint density at radius 2 is 1.83 bits per heavy atom. The number of carbonyl (C=O) groups is 1. The maximum absolute atomic E-state index is 12.5. The summed E-state index contributed by atoms with van der Waals surface area (Å²) in [4.78, 5) is 19.2. The van der Waals surface area contributed by atoms with Crippen LogP contribution in [-0.4, -0.2) is 34.0 Å². The number of amides is 1. The summed E-state index contributed by atoms with van der Waals surface area (Å²) in [6, 6.07) is 17.4. The van der Waals surface area contributed by atoms with Crippen LogP contribution in [0, 0.1) is 5.92 Å². The fraction of sp³-hybridized carbons (Fsp3) is 0.318. The lowest BCUT2D eigenvalue weighted by Gasteiger charge is -2.30. The first-order chi connectivity index (χ1) is 14.2. The largest absolute Gasteiger partial charge is 0.352 e. The molecule has 0 radical (unpaired) electrons. The highest BCUT2D eigenvalue weighted by Crippen LogP contribution is 2.21. The molecule has 0 unspecified atom stereocenters. The summed E-state index contributed by atoms with van der Waals surface area (Å²) < 4.78 is 5.40. The number of halogens is 1. The minimum atomic E-state index is 0.0244. The van der Waals surface area contributed by atoms with E-state index in [1.165, 1.54) is 0 Å². The Labute approximate surface area is 174 Å². The molecule has 150 valence electrons. The molecule has 0 atom stereocenters. The van der Waals surface area contributed by atoms with E-state index in [4.69, 9.17) is 16.1 Å². The van der Waals surface area contributed by atoms with Crippen molar-refractivity contribution >= 4 is 17.5 Å². The van der Waals surface area contributed by atoms with Crippen LogP contribution in [0.3, 0.4) is 0 Å². The number of nitrogens with one attached hydrogen (secondary N) is 1. The van der Waals surface area contributed by atoms with Gasteiger partial charge in [0.2, 0.25) is 17.6 Å². The van der Waals surface area contributed by atoms with E-state index in [9.17, 15) is 4.79 Å². The average Bonchev–Trinajstić information content (AvgIpc) is 3.23. The molecule has 6 nitrogen and oxygen atoms in total. The molecule has 4 rings (SSSR count). The van der Waals surface area contributed by atoms with Crippen molar-refractivity contribution in [1.29, 1.82) is 0 Å². The van der Waals surface area contributed by atoms with Crippen molar-refractivity contribution in [3.63, 3.8) is 0 Å². The molecular weight excluding hydrogens is 388 g/mol. The molecule has 1 saturated heterocycles. The fourth-order valence-corrected chi connectivity index (χ4v) is 3.74. The van der Waals surface area contributed by atoms with Crippen molar-refractivity contribution < 1.29 is 9.32 Å². The zero-order valence-electron chi connectivity index (χ0n) is 16.1. The molecule has 1 aromatic heterocycles. The number of hydrogen-bond acceptors (Lipinski definition) is 5. The Balaban J connectivity index is 1.25. The summed E-state index contributed by atoms with van der Waals surface area (Å²) in [6.45, 7) is 2.72. The summed E-state index contributed by atoms with van der Waals surface area (Å²) in [5.41, 5.74) is 1.88. The number of benzene rings is 2. The van der Waals surface area contributed by atoms with Gasteiger partial charge in [-0.3, -0.25) is 9.69 Å². The van der Waals surface area contributed by atoms with Crippen LogP contribution in [0.2, 0.25) is 5.02 Å². The predicted octanol–water partition coefficient (Wildman–Crippen LogP) is 3.92. The van der Waals surface area contributed by atoms with Gasteiger partial charge in [-0.05, 0) is 37.6 Å². The number of nitrogens with zero attached hydrogens (tertiary/aromatic N) is 3. The number of aromatic nitrogens is 2.